The number of nitro benzene ring substituents is 1. The van der Waals surface area contributed by atoms with Crippen molar-refractivity contribution >= 4 is 17.8 Å². The van der Waals surface area contributed by atoms with Crippen LogP contribution in [0.25, 0.3) is 11.3 Å². The van der Waals surface area contributed by atoms with Gasteiger partial charge in [-0.15, -0.1) is 0 Å². The van der Waals surface area contributed by atoms with Gasteiger partial charge in [0, 0.05) is 12.5 Å². The Morgan fingerprint density at radius 3 is 2.87 bits per heavy atom. The van der Waals surface area contributed by atoms with Gasteiger partial charge in [-0.1, -0.05) is 25.5 Å². The Morgan fingerprint density at radius 1 is 1.35 bits per heavy atom. The lowest BCUT2D eigenvalue weighted by Crippen LogP contribution is -2.16. The van der Waals surface area contributed by atoms with Crippen molar-refractivity contribution in [2.75, 3.05) is 0 Å². The molecule has 1 aromatic heterocycles. The van der Waals surface area contributed by atoms with Gasteiger partial charge in [-0.25, -0.2) is 5.43 Å². The van der Waals surface area contributed by atoms with Crippen LogP contribution in [-0.4, -0.2) is 17.0 Å². The monoisotopic (exact) mass is 315 g/mol. The van der Waals surface area contributed by atoms with Crippen LogP contribution in [0, 0.1) is 10.1 Å². The Kier molecular flexibility index (Phi) is 5.62. The number of carbonyl (C=O) groups excluding carboxylic acids is 1. The fraction of sp³-hybridized carbons (Fsp3) is 0.250. The average molecular weight is 315 g/mol. The molecule has 1 heterocycles. The third-order valence-electron chi connectivity index (χ3n) is 3.13. The zero-order valence-corrected chi connectivity index (χ0v) is 12.7. The third-order valence-corrected chi connectivity index (χ3v) is 3.13. The molecule has 2 rings (SSSR count). The zero-order chi connectivity index (χ0) is 16.7. The van der Waals surface area contributed by atoms with Crippen molar-refractivity contribution in [3.05, 3.63) is 52.3 Å². The summed E-state index contributed by atoms with van der Waals surface area (Å²) in [5, 5.41) is 14.8. The Balaban J connectivity index is 2.07. The van der Waals surface area contributed by atoms with Gasteiger partial charge in [0.1, 0.15) is 11.5 Å². The van der Waals surface area contributed by atoms with Crippen molar-refractivity contribution in [2.45, 2.75) is 26.2 Å². The van der Waals surface area contributed by atoms with Gasteiger partial charge in [0.05, 0.1) is 16.7 Å². The Labute approximate surface area is 133 Å². The van der Waals surface area contributed by atoms with Gasteiger partial charge in [-0.05, 0) is 24.6 Å². The summed E-state index contributed by atoms with van der Waals surface area (Å²) >= 11 is 0. The molecule has 7 nitrogen and oxygen atoms in total. The molecule has 0 bridgehead atoms. The topological polar surface area (TPSA) is 97.7 Å². The highest BCUT2D eigenvalue weighted by molar-refractivity contribution is 5.81. The minimum Gasteiger partial charge on any atom is -0.455 e. The van der Waals surface area contributed by atoms with E-state index in [0.29, 0.717) is 23.5 Å². The summed E-state index contributed by atoms with van der Waals surface area (Å²) in [6.07, 6.45) is 3.54. The minimum atomic E-state index is -0.459. The number of unbranched alkanes of at least 4 members (excludes halogenated alkanes) is 1. The lowest BCUT2D eigenvalue weighted by molar-refractivity contribution is -0.384. The van der Waals surface area contributed by atoms with Crippen LogP contribution in [0.2, 0.25) is 0 Å². The molecule has 0 saturated carbocycles. The van der Waals surface area contributed by atoms with Crippen LogP contribution in [0.1, 0.15) is 31.9 Å². The minimum absolute atomic E-state index is 0.0294. The van der Waals surface area contributed by atoms with Gasteiger partial charge in [0.25, 0.3) is 5.69 Å². The van der Waals surface area contributed by atoms with Crippen molar-refractivity contribution in [3.63, 3.8) is 0 Å². The first-order valence-electron chi connectivity index (χ1n) is 7.27. The van der Waals surface area contributed by atoms with Crippen LogP contribution >= 0.6 is 0 Å². The highest BCUT2D eigenvalue weighted by Gasteiger charge is 2.16. The summed E-state index contributed by atoms with van der Waals surface area (Å²) in [4.78, 5) is 22.0. The third kappa shape index (κ3) is 4.50. The molecule has 0 saturated heterocycles. The standard InChI is InChI=1S/C16H17N3O4/c1-2-3-8-16(20)18-17-11-12-9-10-15(23-12)13-6-4-5-7-14(13)19(21)22/h4-7,9-11H,2-3,8H2,1H3,(H,18,20)/b17-11+. The number of rotatable bonds is 7. The van der Waals surface area contributed by atoms with E-state index in [1.54, 1.807) is 30.3 Å². The van der Waals surface area contributed by atoms with Crippen LogP contribution in [0.5, 0.6) is 0 Å². The SMILES string of the molecule is CCCCC(=O)N/N=C/c1ccc(-c2ccccc2[N+](=O)[O-])o1. The second-order valence-electron chi connectivity index (χ2n) is 4.87. The van der Waals surface area contributed by atoms with E-state index in [1.165, 1.54) is 12.3 Å². The van der Waals surface area contributed by atoms with Crippen LogP contribution in [0.4, 0.5) is 5.69 Å². The highest BCUT2D eigenvalue weighted by Crippen LogP contribution is 2.30. The van der Waals surface area contributed by atoms with Crippen molar-refractivity contribution < 1.29 is 14.1 Å². The van der Waals surface area contributed by atoms with E-state index in [1.807, 2.05) is 6.92 Å². The second-order valence-corrected chi connectivity index (χ2v) is 4.87. The first-order chi connectivity index (χ1) is 11.1. The second kappa shape index (κ2) is 7.88. The van der Waals surface area contributed by atoms with Crippen molar-refractivity contribution in [1.29, 1.82) is 0 Å². The van der Waals surface area contributed by atoms with E-state index in [-0.39, 0.29) is 11.6 Å². The number of furan rings is 1. The Hall–Kier alpha value is -2.96. The molecular weight excluding hydrogens is 298 g/mol. The van der Waals surface area contributed by atoms with Crippen LogP contribution in [-0.2, 0) is 4.79 Å². The molecule has 1 aromatic carbocycles. The number of benzene rings is 1. The molecule has 1 N–H and O–H groups in total. The Morgan fingerprint density at radius 2 is 2.13 bits per heavy atom. The van der Waals surface area contributed by atoms with E-state index in [9.17, 15) is 14.9 Å². The molecule has 0 aliphatic rings. The maximum atomic E-state index is 11.4. The average Bonchev–Trinajstić information content (AvgIpc) is 3.01. The lowest BCUT2D eigenvalue weighted by Gasteiger charge is -1.98. The summed E-state index contributed by atoms with van der Waals surface area (Å²) in [5.41, 5.74) is 2.77. The summed E-state index contributed by atoms with van der Waals surface area (Å²) < 4.78 is 5.52. The number of carbonyl (C=O) groups is 1. The quantitative estimate of drug-likeness (QED) is 0.480. The molecule has 0 aliphatic carbocycles. The number of hydrazone groups is 1. The van der Waals surface area contributed by atoms with Crippen molar-refractivity contribution in [3.8, 4) is 11.3 Å². The fourth-order valence-corrected chi connectivity index (χ4v) is 1.97. The van der Waals surface area contributed by atoms with Crippen LogP contribution in [0.15, 0.2) is 45.9 Å². The predicted octanol–water partition coefficient (Wildman–Crippen LogP) is 3.50. The van der Waals surface area contributed by atoms with E-state index in [4.69, 9.17) is 4.42 Å². The molecule has 0 fully saturated rings. The number of amides is 1. The van der Waals surface area contributed by atoms with Gasteiger partial charge in [-0.3, -0.25) is 14.9 Å². The predicted molar refractivity (Wildman–Crippen MR) is 86.1 cm³/mol. The van der Waals surface area contributed by atoms with Crippen LogP contribution < -0.4 is 5.43 Å². The summed E-state index contributed by atoms with van der Waals surface area (Å²) in [7, 11) is 0. The van der Waals surface area contributed by atoms with Crippen LogP contribution in [0.3, 0.4) is 0 Å². The molecule has 0 atom stereocenters. The van der Waals surface area contributed by atoms with Crippen molar-refractivity contribution in [2.24, 2.45) is 5.10 Å². The number of nitrogens with zero attached hydrogens (tertiary/aromatic N) is 2. The summed E-state index contributed by atoms with van der Waals surface area (Å²) in [6, 6.07) is 9.59. The van der Waals surface area contributed by atoms with Gasteiger partial charge in [-0.2, -0.15) is 5.10 Å². The molecule has 1 amide bonds. The molecular formula is C16H17N3O4. The van der Waals surface area contributed by atoms with E-state index < -0.39 is 4.92 Å². The molecule has 0 spiro atoms. The maximum Gasteiger partial charge on any atom is 0.280 e. The van der Waals surface area contributed by atoms with Gasteiger partial charge >= 0.3 is 0 Å². The van der Waals surface area contributed by atoms with Gasteiger partial charge in [0.15, 0.2) is 0 Å². The highest BCUT2D eigenvalue weighted by atomic mass is 16.6. The molecule has 120 valence electrons. The molecule has 7 heteroatoms. The van der Waals surface area contributed by atoms with Gasteiger partial charge < -0.3 is 4.42 Å². The number of nitro groups is 1. The first kappa shape index (κ1) is 16.4. The number of hydrogen-bond acceptors (Lipinski definition) is 5. The molecule has 0 aliphatic heterocycles. The molecule has 0 unspecified atom stereocenters. The first-order valence-corrected chi connectivity index (χ1v) is 7.27. The van der Waals surface area contributed by atoms with Gasteiger partial charge in [0.2, 0.25) is 5.91 Å². The number of para-hydroxylation sites is 1. The molecule has 23 heavy (non-hydrogen) atoms. The van der Waals surface area contributed by atoms with E-state index in [0.717, 1.165) is 12.8 Å². The van der Waals surface area contributed by atoms with E-state index >= 15 is 0 Å². The number of nitrogens with one attached hydrogen (secondary N) is 1. The molecule has 0 radical (unpaired) electrons. The zero-order valence-electron chi connectivity index (χ0n) is 12.7. The molecule has 2 aromatic rings. The van der Waals surface area contributed by atoms with Crippen molar-refractivity contribution in [1.82, 2.24) is 5.43 Å². The lowest BCUT2D eigenvalue weighted by atomic mass is 10.1. The summed E-state index contributed by atoms with van der Waals surface area (Å²) in [6.45, 7) is 2.00. The maximum absolute atomic E-state index is 11.4. The Bertz CT molecular complexity index is 722. The largest absolute Gasteiger partial charge is 0.455 e. The number of hydrogen-bond donors (Lipinski definition) is 1. The van der Waals surface area contributed by atoms with E-state index in [2.05, 4.69) is 10.5 Å². The fourth-order valence-electron chi connectivity index (χ4n) is 1.97. The normalized spacial score (nSPS) is 10.8. The smallest absolute Gasteiger partial charge is 0.280 e. The summed E-state index contributed by atoms with van der Waals surface area (Å²) in [5.74, 6) is 0.610.